The molecule has 196 valence electrons. The summed E-state index contributed by atoms with van der Waals surface area (Å²) in [6.07, 6.45) is 0.697. The number of fused-ring (bicyclic) bond motifs is 1. The van der Waals surface area contributed by atoms with Crippen LogP contribution < -0.4 is 14.2 Å². The van der Waals surface area contributed by atoms with E-state index in [9.17, 15) is 14.7 Å². The van der Waals surface area contributed by atoms with E-state index in [2.05, 4.69) is 0 Å². The van der Waals surface area contributed by atoms with Gasteiger partial charge in [-0.3, -0.25) is 9.59 Å². The Kier molecular flexibility index (Phi) is 6.85. The summed E-state index contributed by atoms with van der Waals surface area (Å²) in [5.41, 5.74) is 2.95. The number of Topliss-reactive ketones (excluding diaryl/α,β-unsaturated/α-hetero) is 1. The Bertz CT molecular complexity index is 1430. The van der Waals surface area contributed by atoms with E-state index in [1.807, 2.05) is 75.4 Å². The Morgan fingerprint density at radius 3 is 2.58 bits per heavy atom. The average Bonchev–Trinajstić information content (AvgIpc) is 3.39. The van der Waals surface area contributed by atoms with Gasteiger partial charge in [-0.15, -0.1) is 0 Å². The molecule has 0 bridgehead atoms. The summed E-state index contributed by atoms with van der Waals surface area (Å²) in [5.74, 6) is 0.427. The second-order valence-corrected chi connectivity index (χ2v) is 9.97. The molecule has 5 rings (SSSR count). The minimum absolute atomic E-state index is 0.0412. The van der Waals surface area contributed by atoms with E-state index in [1.165, 1.54) is 4.90 Å². The van der Waals surface area contributed by atoms with Gasteiger partial charge in [-0.2, -0.15) is 0 Å². The highest BCUT2D eigenvalue weighted by molar-refractivity contribution is 6.46. The topological polar surface area (TPSA) is 85.3 Å². The van der Waals surface area contributed by atoms with Crippen LogP contribution in [0.2, 0.25) is 0 Å². The Morgan fingerprint density at radius 2 is 1.82 bits per heavy atom. The smallest absolute Gasteiger partial charge is 0.295 e. The number of likely N-dealkylation sites (tertiary alicyclic amines) is 1. The second kappa shape index (κ2) is 10.2. The highest BCUT2D eigenvalue weighted by atomic mass is 16.5. The van der Waals surface area contributed by atoms with Crippen molar-refractivity contribution in [2.45, 2.75) is 52.0 Å². The van der Waals surface area contributed by atoms with E-state index in [0.717, 1.165) is 16.9 Å². The van der Waals surface area contributed by atoms with Crippen molar-refractivity contribution in [1.29, 1.82) is 0 Å². The van der Waals surface area contributed by atoms with Gasteiger partial charge in [-0.05, 0) is 79.9 Å². The molecule has 1 saturated heterocycles. The zero-order chi connectivity index (χ0) is 27.0. The zero-order valence-electron chi connectivity index (χ0n) is 21.9. The van der Waals surface area contributed by atoms with Crippen LogP contribution in [0.15, 0.2) is 72.3 Å². The number of ketones is 1. The van der Waals surface area contributed by atoms with Crippen LogP contribution in [0.1, 0.15) is 49.1 Å². The molecule has 0 saturated carbocycles. The van der Waals surface area contributed by atoms with Crippen LogP contribution in [0.4, 0.5) is 0 Å². The molecule has 2 atom stereocenters. The molecule has 2 aliphatic rings. The molecule has 0 radical (unpaired) electrons. The van der Waals surface area contributed by atoms with Gasteiger partial charge in [0.2, 0.25) is 0 Å². The summed E-state index contributed by atoms with van der Waals surface area (Å²) >= 11 is 0. The first-order chi connectivity index (χ1) is 18.2. The third kappa shape index (κ3) is 4.84. The van der Waals surface area contributed by atoms with E-state index in [1.54, 1.807) is 19.2 Å². The van der Waals surface area contributed by atoms with Crippen molar-refractivity contribution in [2.75, 3.05) is 7.11 Å². The molecular weight excluding hydrogens is 482 g/mol. The van der Waals surface area contributed by atoms with E-state index < -0.39 is 17.7 Å². The van der Waals surface area contributed by atoms with Crippen LogP contribution in [0.5, 0.6) is 17.2 Å². The maximum Gasteiger partial charge on any atom is 0.295 e. The van der Waals surface area contributed by atoms with Crippen molar-refractivity contribution in [3.8, 4) is 17.2 Å². The van der Waals surface area contributed by atoms with Crippen LogP contribution in [0.25, 0.3) is 5.76 Å². The van der Waals surface area contributed by atoms with E-state index in [-0.39, 0.29) is 30.1 Å². The number of amides is 1. The molecular formula is C31H31NO6. The third-order valence-corrected chi connectivity index (χ3v) is 6.74. The zero-order valence-corrected chi connectivity index (χ0v) is 21.9. The predicted molar refractivity (Wildman–Crippen MR) is 143 cm³/mol. The summed E-state index contributed by atoms with van der Waals surface area (Å²) in [4.78, 5) is 28.4. The number of nitrogens with zero attached hydrogens (tertiary/aromatic N) is 1. The molecule has 2 aliphatic heterocycles. The van der Waals surface area contributed by atoms with Gasteiger partial charge in [0, 0.05) is 18.5 Å². The molecule has 0 spiro atoms. The maximum absolute atomic E-state index is 13.5. The Hall–Kier alpha value is -4.26. The van der Waals surface area contributed by atoms with Crippen molar-refractivity contribution in [1.82, 2.24) is 4.90 Å². The fraction of sp³-hybridized carbons (Fsp3) is 0.290. The number of methoxy groups -OCH3 is 1. The van der Waals surface area contributed by atoms with Gasteiger partial charge in [0.25, 0.3) is 11.7 Å². The number of benzene rings is 3. The maximum atomic E-state index is 13.5. The van der Waals surface area contributed by atoms with Gasteiger partial charge in [0.05, 0.1) is 24.8 Å². The molecule has 1 amide bonds. The summed E-state index contributed by atoms with van der Waals surface area (Å²) in [7, 11) is 1.58. The largest absolute Gasteiger partial charge is 0.507 e. The van der Waals surface area contributed by atoms with Gasteiger partial charge in [0.15, 0.2) is 0 Å². The number of rotatable bonds is 7. The highest BCUT2D eigenvalue weighted by Crippen LogP contribution is 2.42. The molecule has 0 aromatic heterocycles. The number of aliphatic hydroxyl groups excluding tert-OH is 1. The number of hydrogen-bond acceptors (Lipinski definition) is 6. The molecule has 0 aliphatic carbocycles. The molecule has 3 aromatic rings. The standard InChI is InChI=1S/C31H31NO6/c1-18(2)37-25-10-6-8-21(16-25)28-27(29(33)22-11-12-26-23(15-22)13-19(3)38-26)30(34)31(35)32(28)17-20-7-5-9-24(14-20)36-4/h5-12,14-16,18-19,28,33H,13,17H2,1-4H3/b29-27-. The second-order valence-electron chi connectivity index (χ2n) is 9.97. The molecule has 2 unspecified atom stereocenters. The highest BCUT2D eigenvalue weighted by Gasteiger charge is 2.46. The lowest BCUT2D eigenvalue weighted by molar-refractivity contribution is -0.140. The summed E-state index contributed by atoms with van der Waals surface area (Å²) in [5, 5.41) is 11.5. The summed E-state index contributed by atoms with van der Waals surface area (Å²) in [6.45, 7) is 6.00. The van der Waals surface area contributed by atoms with E-state index in [4.69, 9.17) is 14.2 Å². The molecule has 1 fully saturated rings. The lowest BCUT2D eigenvalue weighted by Gasteiger charge is -2.26. The minimum Gasteiger partial charge on any atom is -0.507 e. The number of aliphatic hydroxyl groups is 1. The van der Waals surface area contributed by atoms with Gasteiger partial charge in [0.1, 0.15) is 29.1 Å². The lowest BCUT2D eigenvalue weighted by Crippen LogP contribution is -2.29. The van der Waals surface area contributed by atoms with Crippen molar-refractivity contribution >= 4 is 17.4 Å². The van der Waals surface area contributed by atoms with Gasteiger partial charge >= 0.3 is 0 Å². The molecule has 3 aromatic carbocycles. The van der Waals surface area contributed by atoms with Crippen LogP contribution in [0, 0.1) is 0 Å². The van der Waals surface area contributed by atoms with Crippen molar-refractivity contribution in [3.05, 3.63) is 94.6 Å². The Morgan fingerprint density at radius 1 is 1.05 bits per heavy atom. The summed E-state index contributed by atoms with van der Waals surface area (Å²) < 4.78 is 17.0. The van der Waals surface area contributed by atoms with Gasteiger partial charge in [-0.25, -0.2) is 0 Å². The van der Waals surface area contributed by atoms with Crippen LogP contribution in [-0.4, -0.2) is 41.0 Å². The third-order valence-electron chi connectivity index (χ3n) is 6.74. The van der Waals surface area contributed by atoms with Crippen molar-refractivity contribution in [2.24, 2.45) is 0 Å². The first-order valence-electron chi connectivity index (χ1n) is 12.7. The molecule has 1 N–H and O–H groups in total. The van der Waals surface area contributed by atoms with Crippen molar-refractivity contribution < 1.29 is 28.9 Å². The first-order valence-corrected chi connectivity index (χ1v) is 12.7. The van der Waals surface area contributed by atoms with E-state index in [0.29, 0.717) is 29.0 Å². The number of ether oxygens (including phenoxy) is 3. The van der Waals surface area contributed by atoms with Gasteiger partial charge in [-0.1, -0.05) is 24.3 Å². The fourth-order valence-corrected chi connectivity index (χ4v) is 5.11. The molecule has 7 heteroatoms. The number of hydrogen-bond donors (Lipinski definition) is 1. The molecule has 38 heavy (non-hydrogen) atoms. The molecule has 2 heterocycles. The van der Waals surface area contributed by atoms with E-state index >= 15 is 0 Å². The van der Waals surface area contributed by atoms with Crippen LogP contribution >= 0.6 is 0 Å². The van der Waals surface area contributed by atoms with Crippen molar-refractivity contribution in [3.63, 3.8) is 0 Å². The SMILES string of the molecule is COc1cccc(CN2C(=O)C(=O)/C(=C(\O)c3ccc4c(c3)CC(C)O4)C2c2cccc(OC(C)C)c2)c1. The lowest BCUT2D eigenvalue weighted by atomic mass is 9.94. The minimum atomic E-state index is -0.805. The van der Waals surface area contributed by atoms with Crippen LogP contribution in [-0.2, 0) is 22.6 Å². The monoisotopic (exact) mass is 513 g/mol. The normalized spacial score (nSPS) is 20.0. The molecule has 7 nitrogen and oxygen atoms in total. The summed E-state index contributed by atoms with van der Waals surface area (Å²) in [6, 6.07) is 19.2. The van der Waals surface area contributed by atoms with Gasteiger partial charge < -0.3 is 24.2 Å². The Labute approximate surface area is 222 Å². The quantitative estimate of drug-likeness (QED) is 0.258. The number of carbonyl (C=O) groups is 2. The average molecular weight is 514 g/mol. The van der Waals surface area contributed by atoms with Crippen LogP contribution in [0.3, 0.4) is 0 Å². The Balaban J connectivity index is 1.62. The number of carbonyl (C=O) groups excluding carboxylic acids is 2. The fourth-order valence-electron chi connectivity index (χ4n) is 5.11. The first kappa shape index (κ1) is 25.4. The predicted octanol–water partition coefficient (Wildman–Crippen LogP) is 5.43.